The topological polar surface area (TPSA) is 79.0 Å². The maximum atomic E-state index is 12.8. The number of nitrogens with zero attached hydrogens (tertiary/aromatic N) is 2. The minimum Gasteiger partial charge on any atom is -0.497 e. The van der Waals surface area contributed by atoms with Crippen LogP contribution in [0.2, 0.25) is 0 Å². The molecule has 0 bridgehead atoms. The van der Waals surface area contributed by atoms with Crippen molar-refractivity contribution in [2.75, 3.05) is 20.2 Å². The van der Waals surface area contributed by atoms with Crippen LogP contribution in [-0.2, 0) is 16.1 Å². The first-order valence-corrected chi connectivity index (χ1v) is 9.55. The molecule has 7 nitrogen and oxygen atoms in total. The minimum atomic E-state index is -0.678. The molecule has 1 spiro atoms. The zero-order valence-electron chi connectivity index (χ0n) is 15.6. The van der Waals surface area contributed by atoms with Crippen LogP contribution in [0.1, 0.15) is 37.7 Å². The van der Waals surface area contributed by atoms with Crippen molar-refractivity contribution in [3.05, 3.63) is 29.8 Å². The molecule has 1 atom stereocenters. The van der Waals surface area contributed by atoms with Gasteiger partial charge in [0.1, 0.15) is 11.3 Å². The Hall–Kier alpha value is -2.57. The summed E-state index contributed by atoms with van der Waals surface area (Å²) in [4.78, 5) is 40.6. The van der Waals surface area contributed by atoms with Gasteiger partial charge in [0.05, 0.1) is 7.11 Å². The predicted molar refractivity (Wildman–Crippen MR) is 98.0 cm³/mol. The van der Waals surface area contributed by atoms with Gasteiger partial charge in [-0.25, -0.2) is 4.79 Å². The number of urea groups is 1. The highest BCUT2D eigenvalue weighted by molar-refractivity contribution is 6.07. The van der Waals surface area contributed by atoms with E-state index in [1.54, 1.807) is 12.0 Å². The number of imide groups is 1. The van der Waals surface area contributed by atoms with E-state index in [2.05, 4.69) is 5.32 Å². The molecule has 0 aromatic heterocycles. The van der Waals surface area contributed by atoms with Crippen molar-refractivity contribution in [3.8, 4) is 5.75 Å². The lowest BCUT2D eigenvalue weighted by molar-refractivity contribution is -0.132. The molecule has 1 N–H and O–H groups in total. The van der Waals surface area contributed by atoms with Gasteiger partial charge in [-0.3, -0.25) is 14.5 Å². The van der Waals surface area contributed by atoms with Crippen LogP contribution in [-0.4, -0.2) is 53.4 Å². The van der Waals surface area contributed by atoms with Crippen molar-refractivity contribution < 1.29 is 19.1 Å². The van der Waals surface area contributed by atoms with E-state index in [4.69, 9.17) is 4.74 Å². The summed E-state index contributed by atoms with van der Waals surface area (Å²) >= 11 is 0. The van der Waals surface area contributed by atoms with Gasteiger partial charge in [-0.1, -0.05) is 25.0 Å². The Labute approximate surface area is 158 Å². The molecule has 1 saturated carbocycles. The third-order valence-electron chi connectivity index (χ3n) is 5.97. The van der Waals surface area contributed by atoms with Gasteiger partial charge >= 0.3 is 6.03 Å². The normalized spacial score (nSPS) is 24.2. The van der Waals surface area contributed by atoms with Crippen LogP contribution in [0.15, 0.2) is 24.3 Å². The van der Waals surface area contributed by atoms with Gasteiger partial charge in [0, 0.05) is 32.0 Å². The second-order valence-corrected chi connectivity index (χ2v) is 7.83. The van der Waals surface area contributed by atoms with Crippen LogP contribution < -0.4 is 10.1 Å². The second kappa shape index (κ2) is 6.87. The number of nitrogens with one attached hydrogen (secondary N) is 1. The molecule has 2 heterocycles. The highest BCUT2D eigenvalue weighted by atomic mass is 16.5. The fourth-order valence-electron chi connectivity index (χ4n) is 4.50. The molecule has 1 aromatic rings. The van der Waals surface area contributed by atoms with E-state index in [1.807, 2.05) is 24.3 Å². The number of carbonyl (C=O) groups excluding carboxylic acids is 3. The number of carbonyl (C=O) groups is 3. The van der Waals surface area contributed by atoms with Gasteiger partial charge in [-0.05, 0) is 30.5 Å². The lowest BCUT2D eigenvalue weighted by Gasteiger charge is -2.22. The molecule has 2 aliphatic heterocycles. The summed E-state index contributed by atoms with van der Waals surface area (Å²) in [6.07, 6.45) is 3.76. The van der Waals surface area contributed by atoms with E-state index in [0.717, 1.165) is 37.0 Å². The Balaban J connectivity index is 1.37. The van der Waals surface area contributed by atoms with Gasteiger partial charge in [0.2, 0.25) is 5.91 Å². The van der Waals surface area contributed by atoms with Crippen LogP contribution in [0.5, 0.6) is 5.75 Å². The summed E-state index contributed by atoms with van der Waals surface area (Å²) in [7, 11) is 1.62. The standard InChI is InChI=1S/C20H25N3O4/c1-27-16-6-4-14(5-7-16)11-22-12-15(10-17(22)24)13-23-18(25)20(21-19(23)26)8-2-3-9-20/h4-7,15H,2-3,8-13H2,1H3,(H,21,26). The SMILES string of the molecule is COc1ccc(CN2CC(CN3C(=O)NC4(CCCC4)C3=O)CC2=O)cc1. The molecular formula is C20H25N3O4. The lowest BCUT2D eigenvalue weighted by atomic mass is 9.97. The van der Waals surface area contributed by atoms with Crippen molar-refractivity contribution in [3.63, 3.8) is 0 Å². The Morgan fingerprint density at radius 3 is 2.52 bits per heavy atom. The van der Waals surface area contributed by atoms with Gasteiger partial charge in [-0.15, -0.1) is 0 Å². The predicted octanol–water partition coefficient (Wildman–Crippen LogP) is 1.91. The first-order valence-electron chi connectivity index (χ1n) is 9.55. The average Bonchev–Trinajstić information content (AvgIpc) is 3.32. The van der Waals surface area contributed by atoms with E-state index in [9.17, 15) is 14.4 Å². The maximum absolute atomic E-state index is 12.8. The van der Waals surface area contributed by atoms with Crippen molar-refractivity contribution in [1.29, 1.82) is 0 Å². The van der Waals surface area contributed by atoms with E-state index in [1.165, 1.54) is 4.90 Å². The van der Waals surface area contributed by atoms with Crippen LogP contribution in [0.25, 0.3) is 0 Å². The van der Waals surface area contributed by atoms with Crippen LogP contribution in [0.3, 0.4) is 0 Å². The molecule has 1 aromatic carbocycles. The quantitative estimate of drug-likeness (QED) is 0.802. The van der Waals surface area contributed by atoms with E-state index >= 15 is 0 Å². The fraction of sp³-hybridized carbons (Fsp3) is 0.550. The van der Waals surface area contributed by atoms with Crippen LogP contribution in [0, 0.1) is 5.92 Å². The number of methoxy groups -OCH3 is 1. The summed E-state index contributed by atoms with van der Waals surface area (Å²) in [5.41, 5.74) is 0.354. The number of hydrogen-bond acceptors (Lipinski definition) is 4. The second-order valence-electron chi connectivity index (χ2n) is 7.83. The van der Waals surface area contributed by atoms with Gasteiger partial charge in [0.15, 0.2) is 0 Å². The summed E-state index contributed by atoms with van der Waals surface area (Å²) in [6, 6.07) is 7.34. The third kappa shape index (κ3) is 3.26. The Bertz CT molecular complexity index is 755. The number of hydrogen-bond donors (Lipinski definition) is 1. The van der Waals surface area contributed by atoms with Gasteiger partial charge in [0.25, 0.3) is 5.91 Å². The molecule has 7 heteroatoms. The monoisotopic (exact) mass is 371 g/mol. The first kappa shape index (κ1) is 17.8. The zero-order chi connectivity index (χ0) is 19.0. The van der Waals surface area contributed by atoms with Crippen molar-refractivity contribution in [2.24, 2.45) is 5.92 Å². The molecule has 3 aliphatic rings. The van der Waals surface area contributed by atoms with E-state index in [0.29, 0.717) is 26.1 Å². The van der Waals surface area contributed by atoms with Crippen molar-refractivity contribution in [2.45, 2.75) is 44.2 Å². The Morgan fingerprint density at radius 1 is 1.15 bits per heavy atom. The summed E-state index contributed by atoms with van der Waals surface area (Å²) in [5, 5.41) is 2.90. The van der Waals surface area contributed by atoms with E-state index < -0.39 is 5.54 Å². The molecule has 2 saturated heterocycles. The van der Waals surface area contributed by atoms with Crippen molar-refractivity contribution >= 4 is 17.8 Å². The first-order chi connectivity index (χ1) is 13.0. The highest BCUT2D eigenvalue weighted by Gasteiger charge is 2.53. The molecule has 4 rings (SSSR count). The Morgan fingerprint density at radius 2 is 1.85 bits per heavy atom. The molecule has 1 unspecified atom stereocenters. The maximum Gasteiger partial charge on any atom is 0.325 e. The zero-order valence-corrected chi connectivity index (χ0v) is 15.6. The average molecular weight is 371 g/mol. The molecule has 1 aliphatic carbocycles. The largest absolute Gasteiger partial charge is 0.497 e. The fourth-order valence-corrected chi connectivity index (χ4v) is 4.50. The Kier molecular flexibility index (Phi) is 4.53. The summed E-state index contributed by atoms with van der Waals surface area (Å²) in [5.74, 6) is 0.732. The molecule has 27 heavy (non-hydrogen) atoms. The lowest BCUT2D eigenvalue weighted by Crippen LogP contribution is -2.44. The third-order valence-corrected chi connectivity index (χ3v) is 5.97. The smallest absolute Gasteiger partial charge is 0.325 e. The number of rotatable bonds is 5. The summed E-state index contributed by atoms with van der Waals surface area (Å²) in [6.45, 7) is 1.41. The van der Waals surface area contributed by atoms with E-state index in [-0.39, 0.29) is 23.8 Å². The van der Waals surface area contributed by atoms with Crippen molar-refractivity contribution in [1.82, 2.24) is 15.1 Å². The molecular weight excluding hydrogens is 346 g/mol. The molecule has 144 valence electrons. The number of ether oxygens (including phenoxy) is 1. The minimum absolute atomic E-state index is 0.0120. The summed E-state index contributed by atoms with van der Waals surface area (Å²) < 4.78 is 5.16. The van der Waals surface area contributed by atoms with Gasteiger partial charge in [-0.2, -0.15) is 0 Å². The molecule has 3 fully saturated rings. The van der Waals surface area contributed by atoms with Gasteiger partial charge < -0.3 is 15.0 Å². The molecule has 4 amide bonds. The van der Waals surface area contributed by atoms with Crippen LogP contribution >= 0.6 is 0 Å². The highest BCUT2D eigenvalue weighted by Crippen LogP contribution is 2.36. The number of amides is 4. The number of benzene rings is 1. The number of likely N-dealkylation sites (tertiary alicyclic amines) is 1. The van der Waals surface area contributed by atoms with Crippen LogP contribution in [0.4, 0.5) is 4.79 Å². The molecule has 0 radical (unpaired) electrons.